The molecule has 0 bridgehead atoms. The Balaban J connectivity index is 2.30. The summed E-state index contributed by atoms with van der Waals surface area (Å²) in [5.41, 5.74) is 3.24. The summed E-state index contributed by atoms with van der Waals surface area (Å²) in [5, 5.41) is 14.0. The predicted octanol–water partition coefficient (Wildman–Crippen LogP) is 3.84. The highest BCUT2D eigenvalue weighted by Crippen LogP contribution is 2.24. The van der Waals surface area contributed by atoms with Crippen molar-refractivity contribution in [1.82, 2.24) is 9.78 Å². The van der Waals surface area contributed by atoms with Crippen LogP contribution in [0, 0.1) is 25.2 Å². The van der Waals surface area contributed by atoms with Crippen molar-refractivity contribution in [2.24, 2.45) is 0 Å². The molecule has 0 N–H and O–H groups in total. The number of benzene rings is 1. The van der Waals surface area contributed by atoms with Gasteiger partial charge in [-0.2, -0.15) is 10.4 Å². The third-order valence-electron chi connectivity index (χ3n) is 3.52. The molecule has 0 saturated carbocycles. The summed E-state index contributed by atoms with van der Waals surface area (Å²) >= 11 is 6.40. The van der Waals surface area contributed by atoms with Gasteiger partial charge in [-0.1, -0.05) is 54.1 Å². The molecule has 0 saturated heterocycles. The first-order valence-corrected chi connectivity index (χ1v) is 8.02. The molecule has 0 atom stereocenters. The summed E-state index contributed by atoms with van der Waals surface area (Å²) in [7, 11) is 0. The molecule has 0 aliphatic heterocycles. The molecular weight excluding hydrogens is 338 g/mol. The molecule has 0 spiro atoms. The lowest BCUT2D eigenvalue weighted by Crippen LogP contribution is -2.06. The number of aryl methyl sites for hydroxylation is 2. The highest BCUT2D eigenvalue weighted by molar-refractivity contribution is 6.31. The van der Waals surface area contributed by atoms with Crippen LogP contribution in [0.1, 0.15) is 22.4 Å². The number of nitrogens with zero attached hydrogens (tertiary/aromatic N) is 3. The van der Waals surface area contributed by atoms with Gasteiger partial charge in [0, 0.05) is 5.56 Å². The average molecular weight is 356 g/mol. The van der Waals surface area contributed by atoms with Gasteiger partial charge < -0.3 is 4.74 Å². The Labute approximate surface area is 151 Å². The lowest BCUT2D eigenvalue weighted by Gasteiger charge is -2.04. The van der Waals surface area contributed by atoms with Gasteiger partial charge in [-0.15, -0.1) is 0 Å². The van der Waals surface area contributed by atoms with Gasteiger partial charge in [0.15, 0.2) is 0 Å². The Morgan fingerprint density at radius 3 is 2.68 bits per heavy atom. The van der Waals surface area contributed by atoms with E-state index in [1.165, 1.54) is 17.7 Å². The minimum Gasteiger partial charge on any atom is -0.457 e. The quantitative estimate of drug-likeness (QED) is 0.342. The zero-order valence-electron chi connectivity index (χ0n) is 14.1. The number of nitriles is 1. The van der Waals surface area contributed by atoms with Crippen LogP contribution in [0.25, 0.3) is 6.08 Å². The number of carbonyl (C=O) groups excluding carboxylic acids is 1. The fraction of sp³-hybridized carbons (Fsp3) is 0.211. The van der Waals surface area contributed by atoms with Crippen LogP contribution >= 0.6 is 11.6 Å². The molecule has 1 aromatic carbocycles. The molecule has 6 heteroatoms. The van der Waals surface area contributed by atoms with Crippen molar-refractivity contribution in [3.8, 4) is 6.07 Å². The molecule has 1 aromatic heterocycles. The van der Waals surface area contributed by atoms with Crippen LogP contribution in [0.4, 0.5) is 0 Å². The Morgan fingerprint density at radius 2 is 2.08 bits per heavy atom. The SMILES string of the molecule is C=CCOC(=O)/C(C#N)=C/c1c(C)nn(Cc2ccc(C)cc2)c1Cl. The first kappa shape index (κ1) is 18.5. The number of carbonyl (C=O) groups is 1. The molecule has 0 fully saturated rings. The van der Waals surface area contributed by atoms with E-state index >= 15 is 0 Å². The molecule has 128 valence electrons. The van der Waals surface area contributed by atoms with Crippen molar-refractivity contribution in [2.45, 2.75) is 20.4 Å². The number of hydrogen-bond donors (Lipinski definition) is 0. The third-order valence-corrected chi connectivity index (χ3v) is 3.92. The Kier molecular flexibility index (Phi) is 6.15. The minimum atomic E-state index is -0.718. The molecule has 0 amide bonds. The number of aromatic nitrogens is 2. The van der Waals surface area contributed by atoms with E-state index in [-0.39, 0.29) is 12.2 Å². The van der Waals surface area contributed by atoms with Gasteiger partial charge in [-0.25, -0.2) is 9.48 Å². The molecule has 0 aliphatic rings. The van der Waals surface area contributed by atoms with Crippen molar-refractivity contribution < 1.29 is 9.53 Å². The lowest BCUT2D eigenvalue weighted by atomic mass is 10.1. The summed E-state index contributed by atoms with van der Waals surface area (Å²) in [6.45, 7) is 7.79. The van der Waals surface area contributed by atoms with E-state index in [0.717, 1.165) is 5.56 Å². The molecule has 0 radical (unpaired) electrons. The van der Waals surface area contributed by atoms with E-state index in [1.807, 2.05) is 37.3 Å². The van der Waals surface area contributed by atoms with Crippen molar-refractivity contribution in [1.29, 1.82) is 5.26 Å². The molecule has 0 aliphatic carbocycles. The first-order chi connectivity index (χ1) is 12.0. The smallest absolute Gasteiger partial charge is 0.349 e. The second-order valence-corrected chi connectivity index (χ2v) is 5.85. The van der Waals surface area contributed by atoms with Crippen LogP contribution in [0.15, 0.2) is 42.5 Å². The second-order valence-electron chi connectivity index (χ2n) is 5.49. The fourth-order valence-corrected chi connectivity index (χ4v) is 2.48. The summed E-state index contributed by atoms with van der Waals surface area (Å²) in [6, 6.07) is 9.88. The van der Waals surface area contributed by atoms with E-state index in [1.54, 1.807) is 11.6 Å². The van der Waals surface area contributed by atoms with Crippen molar-refractivity contribution >= 4 is 23.6 Å². The monoisotopic (exact) mass is 355 g/mol. The average Bonchev–Trinajstić information content (AvgIpc) is 2.86. The highest BCUT2D eigenvalue weighted by Gasteiger charge is 2.16. The lowest BCUT2D eigenvalue weighted by molar-refractivity contribution is -0.137. The summed E-state index contributed by atoms with van der Waals surface area (Å²) in [6.07, 6.45) is 2.84. The van der Waals surface area contributed by atoms with Crippen molar-refractivity contribution in [3.63, 3.8) is 0 Å². The number of halogens is 1. The highest BCUT2D eigenvalue weighted by atomic mass is 35.5. The maximum atomic E-state index is 11.9. The zero-order valence-corrected chi connectivity index (χ0v) is 14.9. The van der Waals surface area contributed by atoms with Crippen molar-refractivity contribution in [2.75, 3.05) is 6.61 Å². The molecule has 5 nitrogen and oxygen atoms in total. The van der Waals surface area contributed by atoms with Gasteiger partial charge in [0.2, 0.25) is 0 Å². The standard InChI is InChI=1S/C19H18ClN3O2/c1-4-9-25-19(24)16(11-21)10-17-14(3)22-23(18(17)20)12-15-7-5-13(2)6-8-15/h4-8,10H,1,9,12H2,2-3H3/b16-10+. The van der Waals surface area contributed by atoms with Gasteiger partial charge in [-0.3, -0.25) is 0 Å². The Morgan fingerprint density at radius 1 is 1.40 bits per heavy atom. The van der Waals surface area contributed by atoms with Crippen LogP contribution in [0.2, 0.25) is 5.15 Å². The topological polar surface area (TPSA) is 67.9 Å². The summed E-state index contributed by atoms with van der Waals surface area (Å²) < 4.78 is 6.53. The Hall–Kier alpha value is -2.84. The first-order valence-electron chi connectivity index (χ1n) is 7.64. The Bertz CT molecular complexity index is 858. The molecule has 0 unspecified atom stereocenters. The van der Waals surface area contributed by atoms with E-state index in [0.29, 0.717) is 23.0 Å². The summed E-state index contributed by atoms with van der Waals surface area (Å²) in [5.74, 6) is -0.718. The number of ether oxygens (including phenoxy) is 1. The summed E-state index contributed by atoms with van der Waals surface area (Å²) in [4.78, 5) is 11.9. The molecular formula is C19H18ClN3O2. The predicted molar refractivity (Wildman–Crippen MR) is 97.0 cm³/mol. The molecule has 25 heavy (non-hydrogen) atoms. The van der Waals surface area contributed by atoms with Gasteiger partial charge in [0.05, 0.1) is 12.2 Å². The van der Waals surface area contributed by atoms with Crippen LogP contribution < -0.4 is 0 Å². The van der Waals surface area contributed by atoms with E-state index in [9.17, 15) is 10.1 Å². The fourth-order valence-electron chi connectivity index (χ4n) is 2.20. The molecule has 2 aromatic rings. The van der Waals surface area contributed by atoms with E-state index in [2.05, 4.69) is 11.7 Å². The van der Waals surface area contributed by atoms with Gasteiger partial charge in [0.25, 0.3) is 0 Å². The van der Waals surface area contributed by atoms with Gasteiger partial charge in [0.1, 0.15) is 23.4 Å². The van der Waals surface area contributed by atoms with E-state index < -0.39 is 5.97 Å². The van der Waals surface area contributed by atoms with Gasteiger partial charge >= 0.3 is 5.97 Å². The maximum Gasteiger partial charge on any atom is 0.349 e. The molecule has 2 rings (SSSR count). The second kappa shape index (κ2) is 8.32. The minimum absolute atomic E-state index is 0.0389. The number of esters is 1. The molecule has 1 heterocycles. The van der Waals surface area contributed by atoms with Crippen LogP contribution in [0.3, 0.4) is 0 Å². The third kappa shape index (κ3) is 4.59. The largest absolute Gasteiger partial charge is 0.457 e. The number of hydrogen-bond acceptors (Lipinski definition) is 4. The maximum absolute atomic E-state index is 11.9. The normalized spacial score (nSPS) is 11.0. The van der Waals surface area contributed by atoms with Crippen LogP contribution in [-0.4, -0.2) is 22.4 Å². The van der Waals surface area contributed by atoms with Crippen LogP contribution in [0.5, 0.6) is 0 Å². The zero-order chi connectivity index (χ0) is 18.4. The number of rotatable bonds is 6. The van der Waals surface area contributed by atoms with Gasteiger partial charge in [-0.05, 0) is 25.5 Å². The van der Waals surface area contributed by atoms with Crippen molar-refractivity contribution in [3.05, 3.63) is 70.0 Å². The van der Waals surface area contributed by atoms with E-state index in [4.69, 9.17) is 16.3 Å². The van der Waals surface area contributed by atoms with Crippen LogP contribution in [-0.2, 0) is 16.1 Å².